The Morgan fingerprint density at radius 2 is 2.05 bits per heavy atom. The largest absolute Gasteiger partial charge is 0.489 e. The van der Waals surface area contributed by atoms with Gasteiger partial charge in [0, 0.05) is 18.6 Å². The van der Waals surface area contributed by atoms with Gasteiger partial charge in [0.1, 0.15) is 24.5 Å². The van der Waals surface area contributed by atoms with Crippen molar-refractivity contribution in [2.24, 2.45) is 0 Å². The number of benzene rings is 1. The predicted molar refractivity (Wildman–Crippen MR) is 83.3 cm³/mol. The van der Waals surface area contributed by atoms with Gasteiger partial charge in [0.2, 0.25) is 0 Å². The predicted octanol–water partition coefficient (Wildman–Crippen LogP) is 1.23. The number of nitriles is 1. The molecule has 0 amide bonds. The maximum atomic E-state index is 9.93. The molecule has 1 aromatic carbocycles. The van der Waals surface area contributed by atoms with E-state index >= 15 is 0 Å². The molecule has 5 heteroatoms. The highest BCUT2D eigenvalue weighted by molar-refractivity contribution is 5.42. The molecule has 0 aliphatic rings. The van der Waals surface area contributed by atoms with Crippen LogP contribution in [-0.4, -0.2) is 55.4 Å². The first-order chi connectivity index (χ1) is 9.86. The summed E-state index contributed by atoms with van der Waals surface area (Å²) in [6.07, 6.45) is -0.616. The van der Waals surface area contributed by atoms with E-state index in [1.165, 1.54) is 0 Å². The standard InChI is InChI=1S/C16H25N3O2/c1-16(2,19(3)4)12-18-10-14(20)11-21-15-8-6-5-7-13(15)9-17/h5-8,14,18,20H,10-12H2,1-4H3. The van der Waals surface area contributed by atoms with Crippen LogP contribution in [0.2, 0.25) is 0 Å². The zero-order valence-corrected chi connectivity index (χ0v) is 13.3. The number of likely N-dealkylation sites (N-methyl/N-ethyl adjacent to an activating group) is 1. The quantitative estimate of drug-likeness (QED) is 0.754. The second-order valence-electron chi connectivity index (χ2n) is 5.91. The molecule has 116 valence electrons. The van der Waals surface area contributed by atoms with E-state index in [1.807, 2.05) is 14.1 Å². The number of hydrogen-bond acceptors (Lipinski definition) is 5. The summed E-state index contributed by atoms with van der Waals surface area (Å²) in [6.45, 7) is 5.64. The maximum Gasteiger partial charge on any atom is 0.137 e. The van der Waals surface area contributed by atoms with Gasteiger partial charge in [-0.25, -0.2) is 0 Å². The minimum absolute atomic E-state index is 0.0218. The smallest absolute Gasteiger partial charge is 0.137 e. The molecule has 1 rings (SSSR count). The van der Waals surface area contributed by atoms with Crippen molar-refractivity contribution in [2.45, 2.75) is 25.5 Å². The van der Waals surface area contributed by atoms with Gasteiger partial charge in [-0.05, 0) is 40.1 Å². The maximum absolute atomic E-state index is 9.93. The number of rotatable bonds is 8. The van der Waals surface area contributed by atoms with E-state index in [0.717, 1.165) is 6.54 Å². The molecule has 0 aliphatic carbocycles. The Bertz CT molecular complexity index is 481. The van der Waals surface area contributed by atoms with Gasteiger partial charge in [-0.2, -0.15) is 5.26 Å². The molecule has 21 heavy (non-hydrogen) atoms. The van der Waals surface area contributed by atoms with Crippen molar-refractivity contribution >= 4 is 0 Å². The number of para-hydroxylation sites is 1. The third-order valence-electron chi connectivity index (χ3n) is 3.59. The lowest BCUT2D eigenvalue weighted by molar-refractivity contribution is 0.1000. The van der Waals surface area contributed by atoms with Crippen LogP contribution in [-0.2, 0) is 0 Å². The summed E-state index contributed by atoms with van der Waals surface area (Å²) in [4.78, 5) is 2.13. The lowest BCUT2D eigenvalue weighted by Gasteiger charge is -2.33. The van der Waals surface area contributed by atoms with E-state index in [2.05, 4.69) is 30.1 Å². The van der Waals surface area contributed by atoms with Crippen LogP contribution in [0.1, 0.15) is 19.4 Å². The van der Waals surface area contributed by atoms with Gasteiger partial charge < -0.3 is 20.1 Å². The van der Waals surface area contributed by atoms with E-state index in [1.54, 1.807) is 24.3 Å². The minimum atomic E-state index is -0.616. The summed E-state index contributed by atoms with van der Waals surface area (Å²) >= 11 is 0. The number of ether oxygens (including phenoxy) is 1. The first-order valence-electron chi connectivity index (χ1n) is 7.05. The highest BCUT2D eigenvalue weighted by Crippen LogP contribution is 2.16. The molecule has 0 aliphatic heterocycles. The SMILES string of the molecule is CN(C)C(C)(C)CNCC(O)COc1ccccc1C#N. The van der Waals surface area contributed by atoms with E-state index in [9.17, 15) is 5.11 Å². The molecule has 0 saturated carbocycles. The topological polar surface area (TPSA) is 68.5 Å². The van der Waals surface area contributed by atoms with Gasteiger partial charge in [0.05, 0.1) is 5.56 Å². The fourth-order valence-corrected chi connectivity index (χ4v) is 1.63. The molecular formula is C16H25N3O2. The van der Waals surface area contributed by atoms with E-state index < -0.39 is 6.10 Å². The molecule has 0 heterocycles. The summed E-state index contributed by atoms with van der Waals surface area (Å²) in [5.74, 6) is 0.507. The average molecular weight is 291 g/mol. The normalized spacial score (nSPS) is 13.0. The molecule has 5 nitrogen and oxygen atoms in total. The van der Waals surface area contributed by atoms with Crippen LogP contribution in [0.3, 0.4) is 0 Å². The number of hydrogen-bond donors (Lipinski definition) is 2. The fraction of sp³-hybridized carbons (Fsp3) is 0.562. The molecule has 1 aromatic rings. The van der Waals surface area contributed by atoms with Crippen molar-refractivity contribution in [1.82, 2.24) is 10.2 Å². The second-order valence-corrected chi connectivity index (χ2v) is 5.91. The van der Waals surface area contributed by atoms with Crippen LogP contribution in [0.5, 0.6) is 5.75 Å². The first kappa shape index (κ1) is 17.4. The van der Waals surface area contributed by atoms with Crippen molar-refractivity contribution < 1.29 is 9.84 Å². The van der Waals surface area contributed by atoms with Crippen LogP contribution in [0.15, 0.2) is 24.3 Å². The molecular weight excluding hydrogens is 266 g/mol. The Hall–Kier alpha value is -1.61. The van der Waals surface area contributed by atoms with E-state index in [0.29, 0.717) is 17.9 Å². The Balaban J connectivity index is 2.35. The second kappa shape index (κ2) is 7.99. The summed E-state index contributed by atoms with van der Waals surface area (Å²) < 4.78 is 5.50. The van der Waals surface area contributed by atoms with Crippen molar-refractivity contribution in [3.63, 3.8) is 0 Å². The highest BCUT2D eigenvalue weighted by atomic mass is 16.5. The van der Waals surface area contributed by atoms with Crippen LogP contribution in [0, 0.1) is 11.3 Å². The zero-order chi connectivity index (χ0) is 15.9. The summed E-state index contributed by atoms with van der Waals surface area (Å²) in [5, 5.41) is 22.1. The summed E-state index contributed by atoms with van der Waals surface area (Å²) in [5.41, 5.74) is 0.500. The number of nitrogens with zero attached hydrogens (tertiary/aromatic N) is 2. The van der Waals surface area contributed by atoms with Gasteiger partial charge in [0.25, 0.3) is 0 Å². The van der Waals surface area contributed by atoms with E-state index in [-0.39, 0.29) is 12.1 Å². The summed E-state index contributed by atoms with van der Waals surface area (Å²) in [7, 11) is 4.06. The van der Waals surface area contributed by atoms with Crippen LogP contribution >= 0.6 is 0 Å². The molecule has 0 spiro atoms. The number of nitrogens with one attached hydrogen (secondary N) is 1. The van der Waals surface area contributed by atoms with Crippen LogP contribution in [0.25, 0.3) is 0 Å². The summed E-state index contributed by atoms with van der Waals surface area (Å²) in [6, 6.07) is 9.08. The van der Waals surface area contributed by atoms with Crippen molar-refractivity contribution in [2.75, 3.05) is 33.8 Å². The zero-order valence-electron chi connectivity index (χ0n) is 13.3. The monoisotopic (exact) mass is 291 g/mol. The van der Waals surface area contributed by atoms with Gasteiger partial charge in [-0.3, -0.25) is 0 Å². The minimum Gasteiger partial charge on any atom is -0.489 e. The lowest BCUT2D eigenvalue weighted by atomic mass is 10.0. The molecule has 0 saturated heterocycles. The Morgan fingerprint density at radius 3 is 2.67 bits per heavy atom. The lowest BCUT2D eigenvalue weighted by Crippen LogP contribution is -2.48. The van der Waals surface area contributed by atoms with Crippen LogP contribution in [0.4, 0.5) is 0 Å². The number of aliphatic hydroxyl groups is 1. The Morgan fingerprint density at radius 1 is 1.38 bits per heavy atom. The Labute approximate surface area is 127 Å². The third kappa shape index (κ3) is 5.72. The van der Waals surface area contributed by atoms with Gasteiger partial charge in [-0.15, -0.1) is 0 Å². The molecule has 0 aromatic heterocycles. The fourth-order valence-electron chi connectivity index (χ4n) is 1.63. The third-order valence-corrected chi connectivity index (χ3v) is 3.59. The van der Waals surface area contributed by atoms with Crippen molar-refractivity contribution in [1.29, 1.82) is 5.26 Å². The number of aliphatic hydroxyl groups excluding tert-OH is 1. The highest BCUT2D eigenvalue weighted by Gasteiger charge is 2.20. The van der Waals surface area contributed by atoms with Gasteiger partial charge in [-0.1, -0.05) is 12.1 Å². The van der Waals surface area contributed by atoms with Crippen molar-refractivity contribution in [3.8, 4) is 11.8 Å². The first-order valence-corrected chi connectivity index (χ1v) is 7.05. The molecule has 2 N–H and O–H groups in total. The van der Waals surface area contributed by atoms with Gasteiger partial charge in [0.15, 0.2) is 0 Å². The molecule has 1 atom stereocenters. The van der Waals surface area contributed by atoms with Crippen LogP contribution < -0.4 is 10.1 Å². The molecule has 0 fully saturated rings. The molecule has 0 radical (unpaired) electrons. The molecule has 1 unspecified atom stereocenters. The van der Waals surface area contributed by atoms with Crippen molar-refractivity contribution in [3.05, 3.63) is 29.8 Å². The average Bonchev–Trinajstić information content (AvgIpc) is 2.45. The van der Waals surface area contributed by atoms with Gasteiger partial charge >= 0.3 is 0 Å². The van der Waals surface area contributed by atoms with E-state index in [4.69, 9.17) is 10.00 Å². The molecule has 0 bridgehead atoms. The Kier molecular flexibility index (Phi) is 6.63.